The first-order valence-electron chi connectivity index (χ1n) is 9.13. The number of aromatic nitrogens is 2. The largest absolute Gasteiger partial charge is 0.354 e. The molecule has 6 heteroatoms. The highest BCUT2D eigenvalue weighted by Crippen LogP contribution is 2.24. The number of rotatable bonds is 8. The monoisotopic (exact) mass is 334 g/mol. The van der Waals surface area contributed by atoms with E-state index in [1.807, 2.05) is 30.8 Å². The van der Waals surface area contributed by atoms with E-state index in [4.69, 9.17) is 0 Å². The molecule has 0 spiro atoms. The van der Waals surface area contributed by atoms with Gasteiger partial charge in [-0.15, -0.1) is 0 Å². The van der Waals surface area contributed by atoms with Gasteiger partial charge in [-0.1, -0.05) is 33.1 Å². The fraction of sp³-hybridized carbons (Fsp3) is 0.722. The Morgan fingerprint density at radius 2 is 2.00 bits per heavy atom. The molecule has 0 aromatic carbocycles. The van der Waals surface area contributed by atoms with E-state index in [9.17, 15) is 9.59 Å². The standard InChI is InChI=1S/C18H30N4O2/c1-14(2)16(21-17(23)15-8-4-3-5-9-15)18(24)19-10-6-12-22-13-7-11-20-22/h7,11,13-16H,3-6,8-10,12H2,1-2H3,(H,19,24)(H,21,23)/t16-/m1/s1. The summed E-state index contributed by atoms with van der Waals surface area (Å²) >= 11 is 0. The molecule has 1 saturated carbocycles. The number of hydrogen-bond acceptors (Lipinski definition) is 3. The van der Waals surface area contributed by atoms with Crippen LogP contribution in [-0.2, 0) is 16.1 Å². The Morgan fingerprint density at radius 3 is 2.62 bits per heavy atom. The van der Waals surface area contributed by atoms with Crippen LogP contribution >= 0.6 is 0 Å². The van der Waals surface area contributed by atoms with Gasteiger partial charge in [0.15, 0.2) is 0 Å². The second kappa shape index (κ2) is 9.45. The molecule has 1 aromatic heterocycles. The molecular formula is C18H30N4O2. The Labute approximate surface area is 144 Å². The van der Waals surface area contributed by atoms with Crippen molar-refractivity contribution in [2.75, 3.05) is 6.54 Å². The lowest BCUT2D eigenvalue weighted by atomic mass is 9.88. The van der Waals surface area contributed by atoms with Gasteiger partial charge in [0.25, 0.3) is 0 Å². The molecule has 2 amide bonds. The van der Waals surface area contributed by atoms with Crippen molar-refractivity contribution in [3.05, 3.63) is 18.5 Å². The van der Waals surface area contributed by atoms with Crippen molar-refractivity contribution in [1.82, 2.24) is 20.4 Å². The van der Waals surface area contributed by atoms with E-state index in [0.29, 0.717) is 6.54 Å². The molecule has 0 bridgehead atoms. The third-order valence-electron chi connectivity index (χ3n) is 4.65. The number of carbonyl (C=O) groups excluding carboxylic acids is 2. The fourth-order valence-electron chi connectivity index (χ4n) is 3.17. The van der Waals surface area contributed by atoms with Gasteiger partial charge in [-0.2, -0.15) is 5.10 Å². The van der Waals surface area contributed by atoms with Gasteiger partial charge < -0.3 is 10.6 Å². The topological polar surface area (TPSA) is 76.0 Å². The van der Waals surface area contributed by atoms with Gasteiger partial charge in [-0.05, 0) is 31.2 Å². The van der Waals surface area contributed by atoms with Gasteiger partial charge in [-0.3, -0.25) is 14.3 Å². The predicted molar refractivity (Wildman–Crippen MR) is 93.2 cm³/mol. The van der Waals surface area contributed by atoms with E-state index < -0.39 is 6.04 Å². The van der Waals surface area contributed by atoms with Gasteiger partial charge in [0.05, 0.1) is 0 Å². The summed E-state index contributed by atoms with van der Waals surface area (Å²) in [5.41, 5.74) is 0. The van der Waals surface area contributed by atoms with Gasteiger partial charge in [0.2, 0.25) is 11.8 Å². The summed E-state index contributed by atoms with van der Waals surface area (Å²) in [5.74, 6) is 0.103. The number of amides is 2. The van der Waals surface area contributed by atoms with Gasteiger partial charge in [0, 0.05) is 31.4 Å². The maximum atomic E-state index is 12.4. The minimum absolute atomic E-state index is 0.0418. The molecule has 1 atom stereocenters. The highest BCUT2D eigenvalue weighted by molar-refractivity contribution is 5.88. The van der Waals surface area contributed by atoms with Crippen molar-refractivity contribution in [3.8, 4) is 0 Å². The summed E-state index contributed by atoms with van der Waals surface area (Å²) in [7, 11) is 0. The molecular weight excluding hydrogens is 304 g/mol. The molecule has 1 heterocycles. The maximum Gasteiger partial charge on any atom is 0.242 e. The zero-order valence-corrected chi connectivity index (χ0v) is 14.8. The quantitative estimate of drug-likeness (QED) is 0.715. The SMILES string of the molecule is CC(C)[C@@H](NC(=O)C1CCCCC1)C(=O)NCCCn1cccn1. The zero-order valence-electron chi connectivity index (χ0n) is 14.8. The molecule has 134 valence electrons. The Hall–Kier alpha value is -1.85. The second-order valence-electron chi connectivity index (χ2n) is 6.98. The van der Waals surface area contributed by atoms with Crippen LogP contribution in [0.5, 0.6) is 0 Å². The first-order chi connectivity index (χ1) is 11.6. The minimum Gasteiger partial charge on any atom is -0.354 e. The van der Waals surface area contributed by atoms with Crippen LogP contribution in [0.1, 0.15) is 52.4 Å². The molecule has 2 N–H and O–H groups in total. The highest BCUT2D eigenvalue weighted by Gasteiger charge is 2.28. The van der Waals surface area contributed by atoms with Crippen molar-refractivity contribution in [2.45, 2.75) is 65.0 Å². The van der Waals surface area contributed by atoms with E-state index >= 15 is 0 Å². The molecule has 0 unspecified atom stereocenters. The summed E-state index contributed by atoms with van der Waals surface area (Å²) in [4.78, 5) is 24.8. The van der Waals surface area contributed by atoms with Gasteiger partial charge in [0.1, 0.15) is 6.04 Å². The third kappa shape index (κ3) is 5.65. The molecule has 24 heavy (non-hydrogen) atoms. The first-order valence-corrected chi connectivity index (χ1v) is 9.13. The van der Waals surface area contributed by atoms with Crippen molar-refractivity contribution in [1.29, 1.82) is 0 Å². The molecule has 0 saturated heterocycles. The molecule has 2 rings (SSSR count). The Morgan fingerprint density at radius 1 is 1.25 bits per heavy atom. The Bertz CT molecular complexity index is 507. The zero-order chi connectivity index (χ0) is 17.4. The normalized spacial score (nSPS) is 16.8. The van der Waals surface area contributed by atoms with E-state index in [1.54, 1.807) is 6.20 Å². The fourth-order valence-corrected chi connectivity index (χ4v) is 3.17. The van der Waals surface area contributed by atoms with Crippen LogP contribution in [0, 0.1) is 11.8 Å². The lowest BCUT2D eigenvalue weighted by Crippen LogP contribution is -2.51. The van der Waals surface area contributed by atoms with E-state index in [2.05, 4.69) is 15.7 Å². The molecule has 1 aliphatic carbocycles. The molecule has 1 fully saturated rings. The van der Waals surface area contributed by atoms with E-state index in [0.717, 1.165) is 38.6 Å². The number of carbonyl (C=O) groups is 2. The Balaban J connectivity index is 1.75. The van der Waals surface area contributed by atoms with E-state index in [1.165, 1.54) is 6.42 Å². The summed E-state index contributed by atoms with van der Waals surface area (Å²) in [6.07, 6.45) is 9.80. The number of hydrogen-bond donors (Lipinski definition) is 2. The first kappa shape index (κ1) is 18.5. The summed E-state index contributed by atoms with van der Waals surface area (Å²) < 4.78 is 1.84. The van der Waals surface area contributed by atoms with Crippen LogP contribution in [0.3, 0.4) is 0 Å². The van der Waals surface area contributed by atoms with Crippen LogP contribution in [0.4, 0.5) is 0 Å². The number of nitrogens with one attached hydrogen (secondary N) is 2. The maximum absolute atomic E-state index is 12.4. The van der Waals surface area contributed by atoms with Gasteiger partial charge in [-0.25, -0.2) is 0 Å². The average Bonchev–Trinajstić information content (AvgIpc) is 3.10. The van der Waals surface area contributed by atoms with Crippen molar-refractivity contribution in [2.24, 2.45) is 11.8 Å². The molecule has 0 aliphatic heterocycles. The van der Waals surface area contributed by atoms with Crippen LogP contribution in [-0.4, -0.2) is 34.2 Å². The van der Waals surface area contributed by atoms with Crippen LogP contribution < -0.4 is 10.6 Å². The summed E-state index contributed by atoms with van der Waals surface area (Å²) in [5, 5.41) is 10.0. The molecule has 1 aliphatic rings. The lowest BCUT2D eigenvalue weighted by molar-refractivity contribution is -0.132. The van der Waals surface area contributed by atoms with Crippen molar-refractivity contribution >= 4 is 11.8 Å². The summed E-state index contributed by atoms with van der Waals surface area (Å²) in [6.45, 7) is 5.29. The van der Waals surface area contributed by atoms with Crippen LogP contribution in [0.25, 0.3) is 0 Å². The number of nitrogens with zero attached hydrogens (tertiary/aromatic N) is 2. The van der Waals surface area contributed by atoms with Crippen molar-refractivity contribution in [3.63, 3.8) is 0 Å². The Kier molecular flexibility index (Phi) is 7.28. The van der Waals surface area contributed by atoms with Crippen LogP contribution in [0.2, 0.25) is 0 Å². The minimum atomic E-state index is -0.455. The van der Waals surface area contributed by atoms with Crippen molar-refractivity contribution < 1.29 is 9.59 Å². The molecule has 1 aromatic rings. The summed E-state index contributed by atoms with van der Waals surface area (Å²) in [6, 6.07) is 1.43. The van der Waals surface area contributed by atoms with E-state index in [-0.39, 0.29) is 23.7 Å². The molecule has 0 radical (unpaired) electrons. The van der Waals surface area contributed by atoms with Crippen LogP contribution in [0.15, 0.2) is 18.5 Å². The highest BCUT2D eigenvalue weighted by atomic mass is 16.2. The number of aryl methyl sites for hydroxylation is 1. The average molecular weight is 334 g/mol. The second-order valence-corrected chi connectivity index (χ2v) is 6.98. The predicted octanol–water partition coefficient (Wildman–Crippen LogP) is 2.11. The smallest absolute Gasteiger partial charge is 0.242 e. The van der Waals surface area contributed by atoms with Gasteiger partial charge >= 0.3 is 0 Å². The molecule has 6 nitrogen and oxygen atoms in total. The third-order valence-corrected chi connectivity index (χ3v) is 4.65. The lowest BCUT2D eigenvalue weighted by Gasteiger charge is -2.26.